The van der Waals surface area contributed by atoms with Crippen LogP contribution in [0.25, 0.3) is 0 Å². The van der Waals surface area contributed by atoms with Crippen LogP contribution < -0.4 is 0 Å². The standard InChI is InChI=1S/C27H44F2O4/c1-6-16-23(32)22-18-9-8-17(15(2)7-10-21(31)33-5)25(18,3)13-11-19(22)26(4)14-12-20(30)27(28,29)24(16)26/h15-20,22-24,30,32H,6-14H2,1-5H3/t15-,16+,17?,18?,19?,20-,22?,23?,24+,25-,26-/m1/s1. The molecule has 33 heavy (non-hydrogen) atoms. The Labute approximate surface area is 197 Å². The number of esters is 1. The number of fused-ring (bicyclic) bond motifs is 5. The smallest absolute Gasteiger partial charge is 0.305 e. The Morgan fingerprint density at radius 1 is 1.06 bits per heavy atom. The first kappa shape index (κ1) is 25.3. The second kappa shape index (κ2) is 8.72. The lowest BCUT2D eigenvalue weighted by Gasteiger charge is -2.65. The van der Waals surface area contributed by atoms with E-state index in [9.17, 15) is 15.0 Å². The van der Waals surface area contributed by atoms with E-state index in [2.05, 4.69) is 13.8 Å². The van der Waals surface area contributed by atoms with Crippen LogP contribution in [0.4, 0.5) is 8.78 Å². The normalized spacial score (nSPS) is 49.5. The maximum absolute atomic E-state index is 15.4. The van der Waals surface area contributed by atoms with E-state index in [4.69, 9.17) is 4.74 Å². The minimum atomic E-state index is -3.15. The molecule has 0 bridgehead atoms. The number of methoxy groups -OCH3 is 1. The predicted molar refractivity (Wildman–Crippen MR) is 123 cm³/mol. The van der Waals surface area contributed by atoms with Crippen LogP contribution in [0.1, 0.15) is 85.5 Å². The van der Waals surface area contributed by atoms with Gasteiger partial charge in [0.2, 0.25) is 0 Å². The number of ether oxygens (including phenoxy) is 1. The summed E-state index contributed by atoms with van der Waals surface area (Å²) in [6.45, 7) is 8.55. The highest BCUT2D eigenvalue weighted by atomic mass is 19.3. The van der Waals surface area contributed by atoms with Gasteiger partial charge in [0.05, 0.1) is 13.2 Å². The van der Waals surface area contributed by atoms with Crippen molar-refractivity contribution in [3.63, 3.8) is 0 Å². The SMILES string of the molecule is CC[C@H]1C(O)C2C3CCC([C@H](C)CCC(=O)OC)[C@@]3(C)CCC2[C@@]2(C)CC[C@@H](O)C(F)(F)[C@@H]12. The van der Waals surface area contributed by atoms with Crippen molar-refractivity contribution in [3.8, 4) is 0 Å². The number of carbonyl (C=O) groups is 1. The van der Waals surface area contributed by atoms with Gasteiger partial charge in [0.25, 0.3) is 5.92 Å². The number of alkyl halides is 2. The van der Waals surface area contributed by atoms with Crippen LogP contribution >= 0.6 is 0 Å². The predicted octanol–water partition coefficient (Wildman–Crippen LogP) is 5.45. The van der Waals surface area contributed by atoms with Gasteiger partial charge < -0.3 is 14.9 Å². The van der Waals surface area contributed by atoms with E-state index in [0.717, 1.165) is 32.1 Å². The quantitative estimate of drug-likeness (QED) is 0.525. The summed E-state index contributed by atoms with van der Waals surface area (Å²) in [6, 6.07) is 0. The van der Waals surface area contributed by atoms with Gasteiger partial charge in [-0.1, -0.05) is 34.1 Å². The van der Waals surface area contributed by atoms with E-state index in [1.54, 1.807) is 0 Å². The molecule has 0 aliphatic heterocycles. The van der Waals surface area contributed by atoms with Gasteiger partial charge in [-0.15, -0.1) is 0 Å². The molecule has 6 heteroatoms. The Bertz CT molecular complexity index is 744. The Morgan fingerprint density at radius 2 is 1.70 bits per heavy atom. The lowest BCUT2D eigenvalue weighted by Crippen LogP contribution is -2.67. The summed E-state index contributed by atoms with van der Waals surface area (Å²) in [5, 5.41) is 21.9. The minimum Gasteiger partial charge on any atom is -0.469 e. The summed E-state index contributed by atoms with van der Waals surface area (Å²) in [5.74, 6) is -3.48. The third-order valence-electron chi connectivity index (χ3n) is 11.2. The Kier molecular flexibility index (Phi) is 6.70. The van der Waals surface area contributed by atoms with Crippen LogP contribution in [-0.4, -0.2) is 41.4 Å². The van der Waals surface area contributed by atoms with E-state index >= 15 is 8.78 Å². The zero-order valence-electron chi connectivity index (χ0n) is 21.0. The molecule has 4 nitrogen and oxygen atoms in total. The second-order valence-corrected chi connectivity index (χ2v) is 12.4. The first-order valence-electron chi connectivity index (χ1n) is 13.2. The van der Waals surface area contributed by atoms with E-state index < -0.39 is 35.4 Å². The fourth-order valence-corrected chi connectivity index (χ4v) is 9.66. The van der Waals surface area contributed by atoms with Gasteiger partial charge in [0.15, 0.2) is 0 Å². The van der Waals surface area contributed by atoms with Crippen LogP contribution in [0.2, 0.25) is 0 Å². The van der Waals surface area contributed by atoms with Crippen molar-refractivity contribution in [2.24, 2.45) is 52.3 Å². The third-order valence-corrected chi connectivity index (χ3v) is 11.2. The van der Waals surface area contributed by atoms with Gasteiger partial charge in [-0.3, -0.25) is 4.79 Å². The van der Waals surface area contributed by atoms with Gasteiger partial charge in [-0.2, -0.15) is 0 Å². The molecule has 0 heterocycles. The van der Waals surface area contributed by atoms with Gasteiger partial charge in [0, 0.05) is 12.3 Å². The van der Waals surface area contributed by atoms with Crippen LogP contribution in [0, 0.1) is 52.3 Å². The van der Waals surface area contributed by atoms with E-state index in [-0.39, 0.29) is 29.6 Å². The largest absolute Gasteiger partial charge is 0.469 e. The summed E-state index contributed by atoms with van der Waals surface area (Å²) in [4.78, 5) is 11.7. The van der Waals surface area contributed by atoms with Crippen molar-refractivity contribution in [2.45, 2.75) is 104 Å². The fraction of sp³-hybridized carbons (Fsp3) is 0.963. The molecule has 0 radical (unpaired) electrons. The van der Waals surface area contributed by atoms with E-state index in [1.807, 2.05) is 13.8 Å². The van der Waals surface area contributed by atoms with Crippen molar-refractivity contribution >= 4 is 5.97 Å². The monoisotopic (exact) mass is 470 g/mol. The maximum atomic E-state index is 15.4. The molecular formula is C27H44F2O4. The zero-order valence-corrected chi connectivity index (χ0v) is 21.0. The molecule has 2 N–H and O–H groups in total. The zero-order chi connectivity index (χ0) is 24.3. The molecule has 4 saturated carbocycles. The van der Waals surface area contributed by atoms with Crippen molar-refractivity contribution in [2.75, 3.05) is 7.11 Å². The van der Waals surface area contributed by atoms with Crippen molar-refractivity contribution in [1.29, 1.82) is 0 Å². The fourth-order valence-electron chi connectivity index (χ4n) is 9.66. The molecule has 4 aliphatic carbocycles. The number of hydrogen-bond donors (Lipinski definition) is 2. The molecule has 0 spiro atoms. The van der Waals surface area contributed by atoms with Gasteiger partial charge in [-0.25, -0.2) is 8.78 Å². The number of aliphatic hydroxyl groups excluding tert-OH is 2. The van der Waals surface area contributed by atoms with E-state index in [1.165, 1.54) is 7.11 Å². The Morgan fingerprint density at radius 3 is 2.33 bits per heavy atom. The topological polar surface area (TPSA) is 66.8 Å². The Hall–Kier alpha value is -0.750. The summed E-state index contributed by atoms with van der Waals surface area (Å²) in [7, 11) is 1.43. The molecule has 4 rings (SSSR count). The molecule has 0 aromatic carbocycles. The number of hydrogen-bond acceptors (Lipinski definition) is 4. The molecule has 4 aliphatic rings. The first-order valence-corrected chi connectivity index (χ1v) is 13.2. The Balaban J connectivity index is 1.63. The molecule has 190 valence electrons. The first-order chi connectivity index (χ1) is 15.4. The highest BCUT2D eigenvalue weighted by molar-refractivity contribution is 5.69. The molecule has 11 atom stereocenters. The summed E-state index contributed by atoms with van der Waals surface area (Å²) < 4.78 is 35.7. The van der Waals surface area contributed by atoms with Crippen molar-refractivity contribution in [3.05, 3.63) is 0 Å². The van der Waals surface area contributed by atoms with Crippen LogP contribution in [-0.2, 0) is 9.53 Å². The van der Waals surface area contributed by atoms with Gasteiger partial charge >= 0.3 is 5.97 Å². The highest BCUT2D eigenvalue weighted by Crippen LogP contribution is 2.71. The summed E-state index contributed by atoms with van der Waals surface area (Å²) >= 11 is 0. The molecule has 0 aromatic heterocycles. The van der Waals surface area contributed by atoms with Gasteiger partial charge in [0.1, 0.15) is 6.10 Å². The average Bonchev–Trinajstić information content (AvgIpc) is 3.13. The summed E-state index contributed by atoms with van der Waals surface area (Å²) in [6.07, 6.45) is 4.11. The molecule has 0 aromatic rings. The van der Waals surface area contributed by atoms with Crippen LogP contribution in [0.5, 0.6) is 0 Å². The maximum Gasteiger partial charge on any atom is 0.305 e. The highest BCUT2D eigenvalue weighted by Gasteiger charge is 2.70. The second-order valence-electron chi connectivity index (χ2n) is 12.4. The molecular weight excluding hydrogens is 426 g/mol. The van der Waals surface area contributed by atoms with Crippen molar-refractivity contribution < 1.29 is 28.5 Å². The number of carbonyl (C=O) groups excluding carboxylic acids is 1. The third kappa shape index (κ3) is 3.68. The lowest BCUT2D eigenvalue weighted by atomic mass is 9.40. The summed E-state index contributed by atoms with van der Waals surface area (Å²) in [5.41, 5.74) is -0.487. The molecule has 4 fully saturated rings. The number of halogens is 2. The number of rotatable bonds is 5. The minimum absolute atomic E-state index is 0.0406. The lowest BCUT2D eigenvalue weighted by molar-refractivity contribution is -0.286. The van der Waals surface area contributed by atoms with Gasteiger partial charge in [-0.05, 0) is 91.3 Å². The van der Waals surface area contributed by atoms with Crippen LogP contribution in [0.15, 0.2) is 0 Å². The van der Waals surface area contributed by atoms with E-state index in [0.29, 0.717) is 37.0 Å². The van der Waals surface area contributed by atoms with Crippen LogP contribution in [0.3, 0.4) is 0 Å². The number of aliphatic hydroxyl groups is 2. The molecule has 5 unspecified atom stereocenters. The average molecular weight is 471 g/mol. The van der Waals surface area contributed by atoms with Crippen molar-refractivity contribution in [1.82, 2.24) is 0 Å². The molecule has 0 saturated heterocycles. The molecule has 0 amide bonds.